The molecular formula is C30H28F3N5O3. The average molecular weight is 564 g/mol. The van der Waals surface area contributed by atoms with Gasteiger partial charge in [-0.05, 0) is 74.4 Å². The summed E-state index contributed by atoms with van der Waals surface area (Å²) in [6.45, 7) is 5.70. The molecule has 0 saturated carbocycles. The maximum Gasteiger partial charge on any atom is 0.416 e. The van der Waals surface area contributed by atoms with Crippen molar-refractivity contribution in [1.82, 2.24) is 9.78 Å². The molecule has 2 atom stereocenters. The lowest BCUT2D eigenvalue weighted by molar-refractivity contribution is -0.137. The van der Waals surface area contributed by atoms with Crippen molar-refractivity contribution in [3.63, 3.8) is 0 Å². The Hall–Kier alpha value is -4.67. The molecule has 1 saturated heterocycles. The molecule has 11 heteroatoms. The molecule has 212 valence electrons. The topological polar surface area (TPSA) is 110 Å². The van der Waals surface area contributed by atoms with Crippen LogP contribution in [0.3, 0.4) is 0 Å². The van der Waals surface area contributed by atoms with E-state index in [0.29, 0.717) is 17.8 Å². The van der Waals surface area contributed by atoms with Gasteiger partial charge in [-0.25, -0.2) is 4.68 Å². The third kappa shape index (κ3) is 5.15. The van der Waals surface area contributed by atoms with Crippen LogP contribution in [0.2, 0.25) is 0 Å². The van der Waals surface area contributed by atoms with Crippen molar-refractivity contribution in [2.24, 2.45) is 11.7 Å². The van der Waals surface area contributed by atoms with Crippen LogP contribution in [-0.2, 0) is 17.4 Å². The number of halogens is 3. The molecule has 8 nitrogen and oxygen atoms in total. The van der Waals surface area contributed by atoms with Gasteiger partial charge in [0.15, 0.2) is 0 Å². The summed E-state index contributed by atoms with van der Waals surface area (Å²) in [5.41, 5.74) is 6.29. The van der Waals surface area contributed by atoms with E-state index in [9.17, 15) is 27.6 Å². The summed E-state index contributed by atoms with van der Waals surface area (Å²) in [5.74, 6) is -1.52. The van der Waals surface area contributed by atoms with Crippen LogP contribution in [0.5, 0.6) is 0 Å². The highest BCUT2D eigenvalue weighted by atomic mass is 19.4. The summed E-state index contributed by atoms with van der Waals surface area (Å²) < 4.78 is 43.1. The lowest BCUT2D eigenvalue weighted by Gasteiger charge is -2.22. The van der Waals surface area contributed by atoms with Gasteiger partial charge in [-0.15, -0.1) is 0 Å². The first-order chi connectivity index (χ1) is 19.4. The Labute approximate surface area is 233 Å². The molecule has 2 heterocycles. The number of primary amides is 1. The largest absolute Gasteiger partial charge is 0.416 e. The summed E-state index contributed by atoms with van der Waals surface area (Å²) in [7, 11) is 0. The molecule has 5 rings (SSSR count). The molecule has 0 spiro atoms. The fourth-order valence-electron chi connectivity index (χ4n) is 5.42. The highest BCUT2D eigenvalue weighted by molar-refractivity contribution is 6.13. The van der Waals surface area contributed by atoms with E-state index in [1.165, 1.54) is 28.9 Å². The Bertz CT molecular complexity index is 1680. The number of hydrogen-bond acceptors (Lipinski definition) is 4. The number of anilines is 2. The van der Waals surface area contributed by atoms with Gasteiger partial charge in [0.2, 0.25) is 11.8 Å². The number of amides is 3. The minimum absolute atomic E-state index is 0.00829. The zero-order chi connectivity index (χ0) is 29.6. The van der Waals surface area contributed by atoms with E-state index >= 15 is 0 Å². The van der Waals surface area contributed by atoms with E-state index in [-0.39, 0.29) is 45.6 Å². The number of benzene rings is 3. The molecule has 4 aromatic rings. The number of nitrogens with two attached hydrogens (primary N) is 1. The Kier molecular flexibility index (Phi) is 7.06. The van der Waals surface area contributed by atoms with Crippen LogP contribution in [0.15, 0.2) is 60.7 Å². The number of rotatable bonds is 6. The number of nitrogens with zero attached hydrogens (tertiary/aromatic N) is 3. The van der Waals surface area contributed by atoms with Crippen molar-refractivity contribution in [2.45, 2.75) is 45.8 Å². The van der Waals surface area contributed by atoms with Crippen LogP contribution in [0.1, 0.15) is 59.2 Å². The molecule has 1 aliphatic heterocycles. The summed E-state index contributed by atoms with van der Waals surface area (Å²) in [5, 5.41) is 7.35. The number of fused-ring (bicyclic) bond motifs is 1. The zero-order valence-electron chi connectivity index (χ0n) is 22.6. The van der Waals surface area contributed by atoms with Crippen molar-refractivity contribution in [2.75, 3.05) is 10.2 Å². The molecule has 1 aliphatic rings. The number of hydrogen-bond donors (Lipinski definition) is 2. The first kappa shape index (κ1) is 27.9. The standard InChI is InChI=1S/C30H28F3N5O3/c1-4-25-26-23(28(40)35-20-7-5-6-18(13-20)27(34)39)14-19(30(31,32)33)15-24(26)36-38(25)22-10-8-21(9-11-22)37-17(3)12-16(2)29(37)41/h5-11,13-17H,4,12H2,1-3H3,(H2,34,39)(H,35,40). The molecule has 2 unspecified atom stereocenters. The van der Waals surface area contributed by atoms with Gasteiger partial charge >= 0.3 is 6.18 Å². The molecule has 0 radical (unpaired) electrons. The third-order valence-electron chi connectivity index (χ3n) is 7.35. The zero-order valence-corrected chi connectivity index (χ0v) is 22.6. The number of aromatic nitrogens is 2. The van der Waals surface area contributed by atoms with Gasteiger partial charge in [0.05, 0.1) is 28.0 Å². The number of nitrogens with one attached hydrogen (secondary N) is 1. The van der Waals surface area contributed by atoms with E-state index in [1.54, 1.807) is 29.2 Å². The lowest BCUT2D eigenvalue weighted by Crippen LogP contribution is -2.31. The van der Waals surface area contributed by atoms with E-state index in [2.05, 4.69) is 10.4 Å². The van der Waals surface area contributed by atoms with Gasteiger partial charge < -0.3 is 16.0 Å². The number of aryl methyl sites for hydroxylation is 1. The van der Waals surface area contributed by atoms with Gasteiger partial charge in [0.1, 0.15) is 0 Å². The highest BCUT2D eigenvalue weighted by Crippen LogP contribution is 2.36. The smallest absolute Gasteiger partial charge is 0.366 e. The van der Waals surface area contributed by atoms with Crippen molar-refractivity contribution >= 4 is 40.0 Å². The molecule has 41 heavy (non-hydrogen) atoms. The van der Waals surface area contributed by atoms with Crippen LogP contribution < -0.4 is 16.0 Å². The second-order valence-electron chi connectivity index (χ2n) is 10.2. The molecule has 3 amide bonds. The molecular weight excluding hydrogens is 535 g/mol. The van der Waals surface area contributed by atoms with Gasteiger partial charge in [0.25, 0.3) is 5.91 Å². The summed E-state index contributed by atoms with van der Waals surface area (Å²) in [4.78, 5) is 39.4. The molecule has 0 aliphatic carbocycles. The SMILES string of the molecule is CCc1c2c(C(=O)Nc3cccc(C(N)=O)c3)cc(C(F)(F)F)cc2nn1-c1ccc(N2C(=O)C(C)CC2C)cc1. The average Bonchev–Trinajstić information content (AvgIpc) is 3.43. The van der Waals surface area contributed by atoms with Gasteiger partial charge in [-0.3, -0.25) is 14.4 Å². The summed E-state index contributed by atoms with van der Waals surface area (Å²) in [6, 6.07) is 14.7. The monoisotopic (exact) mass is 563 g/mol. The van der Waals surface area contributed by atoms with Crippen molar-refractivity contribution < 1.29 is 27.6 Å². The summed E-state index contributed by atoms with van der Waals surface area (Å²) >= 11 is 0. The van der Waals surface area contributed by atoms with Gasteiger partial charge in [-0.1, -0.05) is 19.9 Å². The minimum Gasteiger partial charge on any atom is -0.366 e. The van der Waals surface area contributed by atoms with Gasteiger partial charge in [-0.2, -0.15) is 18.3 Å². The molecule has 3 N–H and O–H groups in total. The van der Waals surface area contributed by atoms with Crippen molar-refractivity contribution in [3.8, 4) is 5.69 Å². The van der Waals surface area contributed by atoms with E-state index < -0.39 is 23.6 Å². The number of alkyl halides is 3. The quantitative estimate of drug-likeness (QED) is 0.313. The lowest BCUT2D eigenvalue weighted by atomic mass is 10.0. The third-order valence-corrected chi connectivity index (χ3v) is 7.35. The fraction of sp³-hybridized carbons (Fsp3) is 0.267. The van der Waals surface area contributed by atoms with Crippen LogP contribution >= 0.6 is 0 Å². The maximum atomic E-state index is 13.9. The maximum absolute atomic E-state index is 13.9. The highest BCUT2D eigenvalue weighted by Gasteiger charge is 2.35. The Morgan fingerprint density at radius 3 is 2.32 bits per heavy atom. The Morgan fingerprint density at radius 2 is 1.73 bits per heavy atom. The summed E-state index contributed by atoms with van der Waals surface area (Å²) in [6.07, 6.45) is -3.60. The fourth-order valence-corrected chi connectivity index (χ4v) is 5.42. The second-order valence-corrected chi connectivity index (χ2v) is 10.2. The van der Waals surface area contributed by atoms with Gasteiger partial charge in [0, 0.05) is 34.3 Å². The Balaban J connectivity index is 1.60. The van der Waals surface area contributed by atoms with E-state index in [4.69, 9.17) is 5.73 Å². The normalized spacial score (nSPS) is 17.3. The van der Waals surface area contributed by atoms with Crippen LogP contribution in [-0.4, -0.2) is 33.5 Å². The molecule has 1 aromatic heterocycles. The predicted molar refractivity (Wildman–Crippen MR) is 149 cm³/mol. The van der Waals surface area contributed by atoms with Crippen LogP contribution in [0.4, 0.5) is 24.5 Å². The van der Waals surface area contributed by atoms with E-state index in [1.807, 2.05) is 20.8 Å². The number of carbonyl (C=O) groups excluding carboxylic acids is 3. The molecule has 3 aromatic carbocycles. The number of carbonyl (C=O) groups is 3. The first-order valence-corrected chi connectivity index (χ1v) is 13.2. The van der Waals surface area contributed by atoms with E-state index in [0.717, 1.165) is 24.2 Å². The predicted octanol–water partition coefficient (Wildman–Crippen LogP) is 5.72. The first-order valence-electron chi connectivity index (χ1n) is 13.2. The van der Waals surface area contributed by atoms with Crippen molar-refractivity contribution in [3.05, 3.63) is 83.0 Å². The van der Waals surface area contributed by atoms with Crippen molar-refractivity contribution in [1.29, 1.82) is 0 Å². The van der Waals surface area contributed by atoms with Crippen LogP contribution in [0.25, 0.3) is 16.6 Å². The molecule has 0 bridgehead atoms. The van der Waals surface area contributed by atoms with Crippen LogP contribution in [0, 0.1) is 5.92 Å². The minimum atomic E-state index is -4.72. The molecule has 1 fully saturated rings. The Morgan fingerprint density at radius 1 is 1.05 bits per heavy atom. The second kappa shape index (κ2) is 10.4.